The highest BCUT2D eigenvalue weighted by Crippen LogP contribution is 2.21. The number of hydrogen-bond donors (Lipinski definition) is 0. The van der Waals surface area contributed by atoms with Gasteiger partial charge >= 0.3 is 5.97 Å². The van der Waals surface area contributed by atoms with Crippen molar-refractivity contribution in [2.75, 3.05) is 12.9 Å². The molecule has 0 saturated carbocycles. The van der Waals surface area contributed by atoms with Crippen LogP contribution < -0.4 is 0 Å². The molecule has 2 rings (SSSR count). The maximum absolute atomic E-state index is 12.7. The molecule has 0 bridgehead atoms. The molecule has 0 radical (unpaired) electrons. The van der Waals surface area contributed by atoms with Crippen molar-refractivity contribution < 1.29 is 18.5 Å². The van der Waals surface area contributed by atoms with Gasteiger partial charge in [0.15, 0.2) is 0 Å². The summed E-state index contributed by atoms with van der Waals surface area (Å²) >= 11 is 1.19. The molecule has 0 N–H and O–H groups in total. The minimum atomic E-state index is -2.83. The lowest BCUT2D eigenvalue weighted by atomic mass is 10.2. The van der Waals surface area contributed by atoms with E-state index in [1.54, 1.807) is 48.7 Å². The number of esters is 1. The van der Waals surface area contributed by atoms with E-state index in [9.17, 15) is 13.8 Å². The normalized spacial score (nSPS) is 13.4. The smallest absolute Gasteiger partial charge is 0.330 e. The molecular formula is C17H17NO4S2. The van der Waals surface area contributed by atoms with Gasteiger partial charge in [0.1, 0.15) is 4.88 Å². The van der Waals surface area contributed by atoms with Gasteiger partial charge in [-0.05, 0) is 42.1 Å². The Kier molecular flexibility index (Phi) is 6.05. The average Bonchev–Trinajstić information content (AvgIpc) is 3.02. The van der Waals surface area contributed by atoms with E-state index >= 15 is 0 Å². The summed E-state index contributed by atoms with van der Waals surface area (Å²) in [4.78, 5) is 24.6. The lowest BCUT2D eigenvalue weighted by Gasteiger charge is -2.03. The molecule has 0 aliphatic heterocycles. The number of nitrogens with zero attached hydrogens (tertiary/aromatic N) is 1. The maximum atomic E-state index is 12.7. The highest BCUT2D eigenvalue weighted by Gasteiger charge is 2.15. The first kappa shape index (κ1) is 18.1. The first-order chi connectivity index (χ1) is 11.4. The summed E-state index contributed by atoms with van der Waals surface area (Å²) < 4.78 is 21.4. The molecule has 0 saturated heterocycles. The van der Waals surface area contributed by atoms with Gasteiger partial charge in [0.25, 0.3) is 5.91 Å². The van der Waals surface area contributed by atoms with Gasteiger partial charge in [-0.25, -0.2) is 9.00 Å². The van der Waals surface area contributed by atoms with Crippen LogP contribution in [-0.4, -0.2) is 28.9 Å². The number of hydrogen-bond acceptors (Lipinski definition) is 5. The van der Waals surface area contributed by atoms with E-state index in [2.05, 4.69) is 4.36 Å². The quantitative estimate of drug-likeness (QED) is 0.601. The van der Waals surface area contributed by atoms with Gasteiger partial charge < -0.3 is 4.74 Å². The van der Waals surface area contributed by atoms with Crippen LogP contribution in [0.4, 0.5) is 0 Å². The molecule has 24 heavy (non-hydrogen) atoms. The second-order valence-corrected chi connectivity index (χ2v) is 7.98. The summed E-state index contributed by atoms with van der Waals surface area (Å²) in [6.07, 6.45) is 4.18. The van der Waals surface area contributed by atoms with E-state index < -0.39 is 21.6 Å². The van der Waals surface area contributed by atoms with Crippen LogP contribution in [0.2, 0.25) is 0 Å². The number of carbonyl (C=O) groups excluding carboxylic acids is 2. The summed E-state index contributed by atoms with van der Waals surface area (Å²) in [5.41, 5.74) is 0.546. The Morgan fingerprint density at radius 2 is 1.96 bits per heavy atom. The van der Waals surface area contributed by atoms with E-state index in [4.69, 9.17) is 4.74 Å². The molecule has 5 nitrogen and oxygen atoms in total. The summed E-state index contributed by atoms with van der Waals surface area (Å²) in [5, 5.41) is 1.72. The van der Waals surface area contributed by atoms with Gasteiger partial charge in [-0.15, -0.1) is 11.3 Å². The van der Waals surface area contributed by atoms with Crippen molar-refractivity contribution >= 4 is 39.0 Å². The maximum Gasteiger partial charge on any atom is 0.330 e. The molecule has 0 aliphatic carbocycles. The molecule has 1 amide bonds. The molecule has 7 heteroatoms. The van der Waals surface area contributed by atoms with Crippen molar-refractivity contribution in [3.8, 4) is 0 Å². The second kappa shape index (κ2) is 8.03. The van der Waals surface area contributed by atoms with Crippen molar-refractivity contribution in [3.05, 3.63) is 58.3 Å². The standard InChI is InChI=1S/C17H17NO4S2/c1-3-22-15(19)10-9-13-11-12-23-16(13)17(20)18-24(2,21)14-7-5-4-6-8-14/h4-12H,3H2,1-2H3/b10-9+. The van der Waals surface area contributed by atoms with Crippen molar-refractivity contribution in [2.45, 2.75) is 11.8 Å². The van der Waals surface area contributed by atoms with Gasteiger partial charge in [-0.2, -0.15) is 4.36 Å². The molecule has 0 fully saturated rings. The fourth-order valence-electron chi connectivity index (χ4n) is 1.90. The number of benzene rings is 1. The number of carbonyl (C=O) groups is 2. The molecule has 1 aromatic heterocycles. The second-order valence-electron chi connectivity index (χ2n) is 4.80. The van der Waals surface area contributed by atoms with Gasteiger partial charge in [0.05, 0.1) is 16.3 Å². The first-order valence-electron chi connectivity index (χ1n) is 7.18. The van der Waals surface area contributed by atoms with Crippen LogP contribution in [-0.2, 0) is 19.3 Å². The molecular weight excluding hydrogens is 346 g/mol. The minimum absolute atomic E-state index is 0.281. The molecule has 0 spiro atoms. The third-order valence-corrected chi connectivity index (χ3v) is 5.59. The zero-order valence-electron chi connectivity index (χ0n) is 13.3. The number of thiophene rings is 1. The van der Waals surface area contributed by atoms with Gasteiger partial charge in [-0.3, -0.25) is 4.79 Å². The Morgan fingerprint density at radius 3 is 2.62 bits per heavy atom. The zero-order valence-corrected chi connectivity index (χ0v) is 14.9. The molecule has 1 unspecified atom stereocenters. The van der Waals surface area contributed by atoms with Gasteiger partial charge in [0, 0.05) is 17.2 Å². The molecule has 2 aromatic rings. The first-order valence-corrected chi connectivity index (χ1v) is 9.98. The largest absolute Gasteiger partial charge is 0.463 e. The molecule has 0 aliphatic rings. The van der Waals surface area contributed by atoms with Crippen LogP contribution in [0.1, 0.15) is 22.2 Å². The fraction of sp³-hybridized carbons (Fsp3) is 0.176. The minimum Gasteiger partial charge on any atom is -0.463 e. The summed E-state index contributed by atoms with van der Waals surface area (Å²) in [7, 11) is -2.83. The van der Waals surface area contributed by atoms with E-state index in [0.717, 1.165) is 0 Å². The number of rotatable bonds is 5. The Morgan fingerprint density at radius 1 is 1.25 bits per heavy atom. The van der Waals surface area contributed by atoms with Crippen LogP contribution in [0.5, 0.6) is 0 Å². The molecule has 1 aromatic carbocycles. The topological polar surface area (TPSA) is 72.8 Å². The van der Waals surface area contributed by atoms with Crippen LogP contribution in [0, 0.1) is 0 Å². The van der Waals surface area contributed by atoms with Crippen LogP contribution in [0.15, 0.2) is 57.1 Å². The van der Waals surface area contributed by atoms with E-state index in [1.807, 2.05) is 0 Å². The van der Waals surface area contributed by atoms with Crippen LogP contribution in [0.3, 0.4) is 0 Å². The van der Waals surface area contributed by atoms with E-state index in [1.165, 1.54) is 29.7 Å². The monoisotopic (exact) mass is 363 g/mol. The molecule has 126 valence electrons. The van der Waals surface area contributed by atoms with E-state index in [-0.39, 0.29) is 6.61 Å². The van der Waals surface area contributed by atoms with Gasteiger partial charge in [-0.1, -0.05) is 18.2 Å². The summed E-state index contributed by atoms with van der Waals surface area (Å²) in [5.74, 6) is -1.05. The predicted octanol–water partition coefficient (Wildman–Crippen LogP) is 3.62. The van der Waals surface area contributed by atoms with Crippen molar-refractivity contribution in [1.82, 2.24) is 0 Å². The highest BCUT2D eigenvalue weighted by molar-refractivity contribution is 7.93. The Bertz CT molecular complexity index is 875. The third kappa shape index (κ3) is 4.62. The Labute approximate surface area is 145 Å². The van der Waals surface area contributed by atoms with Crippen LogP contribution in [0.25, 0.3) is 6.08 Å². The summed E-state index contributed by atoms with van der Waals surface area (Å²) in [6.45, 7) is 1.99. The predicted molar refractivity (Wildman–Crippen MR) is 95.5 cm³/mol. The van der Waals surface area contributed by atoms with E-state index in [0.29, 0.717) is 15.3 Å². The number of ether oxygens (including phenoxy) is 1. The van der Waals surface area contributed by atoms with Crippen molar-refractivity contribution in [3.63, 3.8) is 0 Å². The fourth-order valence-corrected chi connectivity index (χ4v) is 3.90. The highest BCUT2D eigenvalue weighted by atomic mass is 32.2. The average molecular weight is 363 g/mol. The van der Waals surface area contributed by atoms with Gasteiger partial charge in [0.2, 0.25) is 0 Å². The number of amides is 1. The molecule has 1 atom stereocenters. The Hall–Kier alpha value is -2.25. The third-order valence-electron chi connectivity index (χ3n) is 3.01. The van der Waals surface area contributed by atoms with Crippen LogP contribution >= 0.6 is 11.3 Å². The lowest BCUT2D eigenvalue weighted by Crippen LogP contribution is -2.03. The SMILES string of the molecule is CCOC(=O)/C=C/c1ccsc1C(=O)N=S(C)(=O)c1ccccc1. The zero-order chi connectivity index (χ0) is 17.6. The Balaban J connectivity index is 2.29. The van der Waals surface area contributed by atoms with Crippen molar-refractivity contribution in [1.29, 1.82) is 0 Å². The summed E-state index contributed by atoms with van der Waals surface area (Å²) in [6, 6.07) is 10.3. The molecule has 1 heterocycles. The lowest BCUT2D eigenvalue weighted by molar-refractivity contribution is -0.137. The van der Waals surface area contributed by atoms with Crippen molar-refractivity contribution in [2.24, 2.45) is 4.36 Å².